The second-order valence-electron chi connectivity index (χ2n) is 6.56. The van der Waals surface area contributed by atoms with E-state index in [1.165, 1.54) is 0 Å². The van der Waals surface area contributed by atoms with E-state index in [2.05, 4.69) is 4.90 Å². The Morgan fingerprint density at radius 3 is 2.14 bits per heavy atom. The molecule has 1 aliphatic heterocycles. The Labute approximate surface area is 176 Å². The number of benzene rings is 2. The molecule has 1 heterocycles. The second kappa shape index (κ2) is 9.56. The number of rotatable bonds is 6. The molecule has 2 aromatic rings. The number of methoxy groups -OCH3 is 3. The van der Waals surface area contributed by atoms with Crippen molar-refractivity contribution in [2.24, 2.45) is 0 Å². The van der Waals surface area contributed by atoms with Crippen LogP contribution in [0.1, 0.15) is 5.56 Å². The largest absolute Gasteiger partial charge is 0.493 e. The molecular formula is C22H25ClN2O4. The maximum atomic E-state index is 12.6. The molecule has 3 rings (SSSR count). The van der Waals surface area contributed by atoms with Gasteiger partial charge < -0.3 is 24.0 Å². The van der Waals surface area contributed by atoms with Crippen LogP contribution in [0, 0.1) is 0 Å². The smallest absolute Gasteiger partial charge is 0.246 e. The maximum Gasteiger partial charge on any atom is 0.246 e. The summed E-state index contributed by atoms with van der Waals surface area (Å²) in [4.78, 5) is 16.7. The monoisotopic (exact) mass is 416 g/mol. The van der Waals surface area contributed by atoms with Crippen LogP contribution in [-0.4, -0.2) is 58.3 Å². The van der Waals surface area contributed by atoms with Gasteiger partial charge in [-0.05, 0) is 35.9 Å². The van der Waals surface area contributed by atoms with E-state index < -0.39 is 0 Å². The van der Waals surface area contributed by atoms with Crippen LogP contribution >= 0.6 is 11.6 Å². The third-order valence-electron chi connectivity index (χ3n) is 4.89. The first-order valence-corrected chi connectivity index (χ1v) is 9.71. The van der Waals surface area contributed by atoms with E-state index in [-0.39, 0.29) is 5.91 Å². The molecule has 0 aromatic heterocycles. The molecule has 7 heteroatoms. The lowest BCUT2D eigenvalue weighted by atomic mass is 10.1. The summed E-state index contributed by atoms with van der Waals surface area (Å²) in [7, 11) is 4.69. The molecule has 29 heavy (non-hydrogen) atoms. The van der Waals surface area contributed by atoms with Crippen molar-refractivity contribution in [2.75, 3.05) is 52.4 Å². The number of para-hydroxylation sites is 1. The van der Waals surface area contributed by atoms with E-state index in [9.17, 15) is 4.79 Å². The van der Waals surface area contributed by atoms with Crippen LogP contribution in [-0.2, 0) is 4.79 Å². The molecule has 0 spiro atoms. The molecule has 0 N–H and O–H groups in total. The highest BCUT2D eigenvalue weighted by atomic mass is 35.5. The van der Waals surface area contributed by atoms with E-state index in [0.29, 0.717) is 30.3 Å². The number of carbonyl (C=O) groups excluding carboxylic acids is 1. The van der Waals surface area contributed by atoms with Gasteiger partial charge in [-0.25, -0.2) is 0 Å². The zero-order chi connectivity index (χ0) is 20.8. The molecule has 0 unspecified atom stereocenters. The third-order valence-corrected chi connectivity index (χ3v) is 5.21. The molecule has 0 aliphatic carbocycles. The molecule has 154 valence electrons. The van der Waals surface area contributed by atoms with Crippen LogP contribution in [0.15, 0.2) is 42.5 Å². The lowest BCUT2D eigenvalue weighted by molar-refractivity contribution is -0.126. The van der Waals surface area contributed by atoms with Gasteiger partial charge in [-0.2, -0.15) is 0 Å². The third kappa shape index (κ3) is 4.77. The number of carbonyl (C=O) groups is 1. The highest BCUT2D eigenvalue weighted by molar-refractivity contribution is 6.33. The van der Waals surface area contributed by atoms with Gasteiger partial charge in [-0.1, -0.05) is 23.7 Å². The van der Waals surface area contributed by atoms with Crippen molar-refractivity contribution < 1.29 is 19.0 Å². The van der Waals surface area contributed by atoms with Crippen LogP contribution in [0.5, 0.6) is 17.2 Å². The summed E-state index contributed by atoms with van der Waals surface area (Å²) in [5, 5.41) is 0.731. The van der Waals surface area contributed by atoms with E-state index in [0.717, 1.165) is 29.4 Å². The molecule has 2 aromatic carbocycles. The lowest BCUT2D eigenvalue weighted by Crippen LogP contribution is -2.48. The predicted molar refractivity (Wildman–Crippen MR) is 115 cm³/mol. The molecule has 1 aliphatic rings. The van der Waals surface area contributed by atoms with Crippen molar-refractivity contribution in [1.82, 2.24) is 4.90 Å². The Bertz CT molecular complexity index is 867. The van der Waals surface area contributed by atoms with Crippen molar-refractivity contribution in [3.63, 3.8) is 0 Å². The fourth-order valence-electron chi connectivity index (χ4n) is 3.35. The van der Waals surface area contributed by atoms with Crippen molar-refractivity contribution in [2.45, 2.75) is 0 Å². The zero-order valence-corrected chi connectivity index (χ0v) is 17.6. The Morgan fingerprint density at radius 1 is 0.966 bits per heavy atom. The first-order valence-electron chi connectivity index (χ1n) is 9.34. The molecule has 1 saturated heterocycles. The van der Waals surface area contributed by atoms with Crippen molar-refractivity contribution >= 4 is 29.3 Å². The second-order valence-corrected chi connectivity index (χ2v) is 6.96. The molecule has 0 bridgehead atoms. The van der Waals surface area contributed by atoms with Gasteiger partial charge in [0.15, 0.2) is 11.5 Å². The highest BCUT2D eigenvalue weighted by Gasteiger charge is 2.21. The predicted octanol–water partition coefficient (Wildman–Crippen LogP) is 3.73. The minimum absolute atomic E-state index is 0.0300. The number of hydrogen-bond donors (Lipinski definition) is 0. The molecule has 0 radical (unpaired) electrons. The van der Waals surface area contributed by atoms with Crippen LogP contribution in [0.2, 0.25) is 5.02 Å². The average Bonchev–Trinajstić information content (AvgIpc) is 2.77. The van der Waals surface area contributed by atoms with E-state index in [4.69, 9.17) is 25.8 Å². The molecule has 6 nitrogen and oxygen atoms in total. The Hall–Kier alpha value is -2.86. The van der Waals surface area contributed by atoms with E-state index in [1.807, 2.05) is 29.2 Å². The van der Waals surface area contributed by atoms with E-state index in [1.54, 1.807) is 45.6 Å². The Kier molecular flexibility index (Phi) is 6.88. The number of anilines is 1. The number of halogens is 1. The summed E-state index contributed by atoms with van der Waals surface area (Å²) in [5.41, 5.74) is 1.80. The molecule has 1 amide bonds. The van der Waals surface area contributed by atoms with Gasteiger partial charge in [0.1, 0.15) is 0 Å². The van der Waals surface area contributed by atoms with Crippen LogP contribution in [0.4, 0.5) is 5.69 Å². The first kappa shape index (κ1) is 20.9. The minimum Gasteiger partial charge on any atom is -0.493 e. The van der Waals surface area contributed by atoms with E-state index >= 15 is 0 Å². The van der Waals surface area contributed by atoms with Gasteiger partial charge in [0.2, 0.25) is 11.7 Å². The average molecular weight is 417 g/mol. The fraction of sp³-hybridized carbons (Fsp3) is 0.318. The summed E-state index contributed by atoms with van der Waals surface area (Å²) < 4.78 is 16.0. The first-order chi connectivity index (χ1) is 14.1. The number of hydrogen-bond acceptors (Lipinski definition) is 5. The maximum absolute atomic E-state index is 12.6. The number of piperazine rings is 1. The highest BCUT2D eigenvalue weighted by Crippen LogP contribution is 2.38. The molecular weight excluding hydrogens is 392 g/mol. The quantitative estimate of drug-likeness (QED) is 0.671. The number of ether oxygens (including phenoxy) is 3. The van der Waals surface area contributed by atoms with Crippen molar-refractivity contribution in [1.29, 1.82) is 0 Å². The van der Waals surface area contributed by atoms with Crippen LogP contribution in [0.25, 0.3) is 6.08 Å². The SMILES string of the molecule is COc1cc(/C=C/C(=O)N2CCN(c3ccccc3Cl)CC2)cc(OC)c1OC. The molecule has 1 fully saturated rings. The lowest BCUT2D eigenvalue weighted by Gasteiger charge is -2.36. The Balaban J connectivity index is 1.65. The van der Waals surface area contributed by atoms with Gasteiger partial charge in [-0.15, -0.1) is 0 Å². The number of amides is 1. The Morgan fingerprint density at radius 2 is 1.59 bits per heavy atom. The number of nitrogens with zero attached hydrogens (tertiary/aromatic N) is 2. The van der Waals surface area contributed by atoms with Gasteiger partial charge in [0.25, 0.3) is 0 Å². The normalized spacial score (nSPS) is 14.2. The zero-order valence-electron chi connectivity index (χ0n) is 16.9. The van der Waals surface area contributed by atoms with Gasteiger partial charge in [0, 0.05) is 32.3 Å². The molecule has 0 saturated carbocycles. The standard InChI is InChI=1S/C22H25ClN2O4/c1-27-19-14-16(15-20(28-2)22(19)29-3)8-9-21(26)25-12-10-24(11-13-25)18-7-5-4-6-17(18)23/h4-9,14-15H,10-13H2,1-3H3/b9-8+. The van der Waals surface area contributed by atoms with Gasteiger partial charge in [-0.3, -0.25) is 4.79 Å². The fourth-order valence-corrected chi connectivity index (χ4v) is 3.60. The summed E-state index contributed by atoms with van der Waals surface area (Å²) in [6, 6.07) is 11.4. The summed E-state index contributed by atoms with van der Waals surface area (Å²) in [5.74, 6) is 1.59. The summed E-state index contributed by atoms with van der Waals surface area (Å²) in [6.45, 7) is 2.77. The molecule has 0 atom stereocenters. The summed E-state index contributed by atoms with van der Waals surface area (Å²) in [6.07, 6.45) is 3.33. The van der Waals surface area contributed by atoms with Crippen LogP contribution < -0.4 is 19.1 Å². The van der Waals surface area contributed by atoms with Gasteiger partial charge >= 0.3 is 0 Å². The van der Waals surface area contributed by atoms with Crippen molar-refractivity contribution in [3.8, 4) is 17.2 Å². The van der Waals surface area contributed by atoms with Crippen LogP contribution in [0.3, 0.4) is 0 Å². The summed E-state index contributed by atoms with van der Waals surface area (Å²) >= 11 is 6.28. The topological polar surface area (TPSA) is 51.2 Å². The van der Waals surface area contributed by atoms with Gasteiger partial charge in [0.05, 0.1) is 32.0 Å². The van der Waals surface area contributed by atoms with Crippen molar-refractivity contribution in [3.05, 3.63) is 53.1 Å². The minimum atomic E-state index is -0.0300.